The van der Waals surface area contributed by atoms with Crippen LogP contribution in [0, 0.1) is 20.7 Å². The Morgan fingerprint density at radius 1 is 0.909 bits per heavy atom. The number of fused-ring (bicyclic) bond motifs is 3. The standard InChI is InChI=1S/C30H30N2O/c1-6-21(7-2)25-17-31-27(16-20(25)5)24-13-9-12-22-23-14-15-26(32-30(23)33-29(22)24)28-18(3)10-8-11-19(28)4/h8-17,21H,6-7H2,1-5H3/i5D3,21D. The van der Waals surface area contributed by atoms with Gasteiger partial charge in [0.2, 0.25) is 5.71 Å². The maximum atomic E-state index is 8.86. The molecule has 3 nitrogen and oxygen atoms in total. The van der Waals surface area contributed by atoms with Crippen LogP contribution in [0.2, 0.25) is 0 Å². The van der Waals surface area contributed by atoms with E-state index in [-0.39, 0.29) is 5.56 Å². The minimum atomic E-state index is -2.37. The lowest BCUT2D eigenvalue weighted by molar-refractivity contribution is 0.635. The number of hydrogen-bond donors (Lipinski definition) is 0. The van der Waals surface area contributed by atoms with Crippen molar-refractivity contribution in [1.29, 1.82) is 0 Å². The minimum Gasteiger partial charge on any atom is -0.437 e. The molecule has 3 heteroatoms. The first kappa shape index (κ1) is 17.1. The third-order valence-electron chi connectivity index (χ3n) is 6.52. The number of aromatic nitrogens is 2. The number of pyridine rings is 2. The third-order valence-corrected chi connectivity index (χ3v) is 6.52. The second kappa shape index (κ2) is 8.47. The maximum absolute atomic E-state index is 8.86. The zero-order valence-electron chi connectivity index (χ0n) is 23.5. The lowest BCUT2D eigenvalue weighted by Gasteiger charge is -2.16. The average Bonchev–Trinajstić information content (AvgIpc) is 3.25. The minimum absolute atomic E-state index is 0.166. The molecule has 0 saturated carbocycles. The lowest BCUT2D eigenvalue weighted by Crippen LogP contribution is -2.00. The molecule has 33 heavy (non-hydrogen) atoms. The van der Waals surface area contributed by atoms with Crippen molar-refractivity contribution in [3.8, 4) is 22.5 Å². The maximum Gasteiger partial charge on any atom is 0.227 e. The average molecular weight is 439 g/mol. The van der Waals surface area contributed by atoms with Crippen LogP contribution >= 0.6 is 0 Å². The zero-order chi connectivity index (χ0) is 26.5. The van der Waals surface area contributed by atoms with Crippen LogP contribution < -0.4 is 0 Å². The number of aryl methyl sites for hydroxylation is 3. The summed E-state index contributed by atoms with van der Waals surface area (Å²) in [5.74, 6) is -1.01. The van der Waals surface area contributed by atoms with Crippen molar-refractivity contribution in [1.82, 2.24) is 9.97 Å². The summed E-state index contributed by atoms with van der Waals surface area (Å²) in [4.78, 5) is 9.51. The van der Waals surface area contributed by atoms with Crippen LogP contribution in [0.25, 0.3) is 44.6 Å². The molecule has 2 aromatic carbocycles. The van der Waals surface area contributed by atoms with Gasteiger partial charge in [0.1, 0.15) is 5.58 Å². The predicted molar refractivity (Wildman–Crippen MR) is 138 cm³/mol. The molecular formula is C30H30N2O. The van der Waals surface area contributed by atoms with E-state index in [1.54, 1.807) is 12.3 Å². The largest absolute Gasteiger partial charge is 0.437 e. The highest BCUT2D eigenvalue weighted by Crippen LogP contribution is 2.37. The molecule has 0 aliphatic rings. The van der Waals surface area contributed by atoms with Gasteiger partial charge in [0.25, 0.3) is 0 Å². The molecule has 0 radical (unpaired) electrons. The van der Waals surface area contributed by atoms with Crippen molar-refractivity contribution in [2.75, 3.05) is 0 Å². The molecule has 3 aromatic heterocycles. The van der Waals surface area contributed by atoms with E-state index in [0.717, 1.165) is 33.2 Å². The molecule has 166 valence electrons. The van der Waals surface area contributed by atoms with Gasteiger partial charge >= 0.3 is 0 Å². The Balaban J connectivity index is 1.70. The molecule has 0 fully saturated rings. The van der Waals surface area contributed by atoms with Gasteiger partial charge in [-0.2, -0.15) is 0 Å². The molecule has 0 saturated heterocycles. The summed E-state index contributed by atoms with van der Waals surface area (Å²) in [6.07, 6.45) is 2.57. The highest BCUT2D eigenvalue weighted by Gasteiger charge is 2.17. The topological polar surface area (TPSA) is 38.9 Å². The van der Waals surface area contributed by atoms with E-state index >= 15 is 0 Å². The predicted octanol–water partition coefficient (Wildman–Crippen LogP) is 8.54. The van der Waals surface area contributed by atoms with Gasteiger partial charge in [-0.15, -0.1) is 0 Å². The Morgan fingerprint density at radius 3 is 2.39 bits per heavy atom. The highest BCUT2D eigenvalue weighted by molar-refractivity contribution is 6.08. The summed E-state index contributed by atoms with van der Waals surface area (Å²) in [7, 11) is 0. The van der Waals surface area contributed by atoms with Crippen LogP contribution in [0.15, 0.2) is 65.2 Å². The number of furan rings is 1. The number of hydrogen-bond acceptors (Lipinski definition) is 3. The van der Waals surface area contributed by atoms with Crippen LogP contribution in [0.1, 0.15) is 60.3 Å². The van der Waals surface area contributed by atoms with Crippen LogP contribution in [0.5, 0.6) is 0 Å². The molecule has 0 bridgehead atoms. The van der Waals surface area contributed by atoms with Crippen molar-refractivity contribution in [3.63, 3.8) is 0 Å². The Kier molecular flexibility index (Phi) is 4.38. The zero-order valence-corrected chi connectivity index (χ0v) is 19.5. The van der Waals surface area contributed by atoms with Gasteiger partial charge < -0.3 is 4.42 Å². The van der Waals surface area contributed by atoms with E-state index in [2.05, 4.69) is 31.0 Å². The number of benzene rings is 2. The third kappa shape index (κ3) is 3.62. The van der Waals surface area contributed by atoms with Crippen molar-refractivity contribution in [2.24, 2.45) is 0 Å². The Labute approximate surface area is 201 Å². The fourth-order valence-corrected chi connectivity index (χ4v) is 4.75. The van der Waals surface area contributed by atoms with E-state index in [9.17, 15) is 0 Å². The molecule has 0 unspecified atom stereocenters. The second-order valence-corrected chi connectivity index (χ2v) is 8.53. The monoisotopic (exact) mass is 438 g/mol. The van der Waals surface area contributed by atoms with Crippen LogP contribution in [-0.2, 0) is 0 Å². The van der Waals surface area contributed by atoms with E-state index in [0.29, 0.717) is 41.0 Å². The first-order chi connectivity index (χ1) is 17.6. The lowest BCUT2D eigenvalue weighted by atomic mass is 9.91. The van der Waals surface area contributed by atoms with Crippen molar-refractivity contribution in [2.45, 2.75) is 53.3 Å². The molecule has 0 aliphatic heterocycles. The molecule has 0 spiro atoms. The van der Waals surface area contributed by atoms with E-state index in [1.165, 1.54) is 0 Å². The number of nitrogens with zero attached hydrogens (tertiary/aromatic N) is 2. The van der Waals surface area contributed by atoms with Gasteiger partial charge in [0, 0.05) is 33.6 Å². The Hall–Kier alpha value is -3.46. The quantitative estimate of drug-likeness (QED) is 0.276. The summed E-state index contributed by atoms with van der Waals surface area (Å²) >= 11 is 0. The number of rotatable bonds is 5. The molecule has 3 heterocycles. The van der Waals surface area contributed by atoms with Crippen LogP contribution in [0.4, 0.5) is 0 Å². The number of para-hydroxylation sites is 1. The summed E-state index contributed by atoms with van der Waals surface area (Å²) in [6, 6.07) is 17.6. The molecule has 0 atom stereocenters. The van der Waals surface area contributed by atoms with Gasteiger partial charge in [-0.05, 0) is 86.0 Å². The molecule has 0 amide bonds. The molecule has 5 rings (SSSR count). The van der Waals surface area contributed by atoms with Gasteiger partial charge in [-0.3, -0.25) is 4.98 Å². The summed E-state index contributed by atoms with van der Waals surface area (Å²) < 4.78 is 39.7. The molecular weight excluding hydrogens is 404 g/mol. The first-order valence-electron chi connectivity index (χ1n) is 13.5. The second-order valence-electron chi connectivity index (χ2n) is 8.53. The van der Waals surface area contributed by atoms with Crippen molar-refractivity contribution >= 4 is 22.1 Å². The van der Waals surface area contributed by atoms with Gasteiger partial charge in [0.15, 0.2) is 0 Å². The van der Waals surface area contributed by atoms with E-state index in [1.807, 2.05) is 50.2 Å². The highest BCUT2D eigenvalue weighted by atomic mass is 16.3. The SMILES string of the molecule is [2H]C([2H])([2H])c1cc(-c2cccc3c2oc2nc(-c4c(C)cccc4C)ccc23)ncc1C([2H])(CC)CC. The Morgan fingerprint density at radius 2 is 1.67 bits per heavy atom. The fraction of sp³-hybridized carbons (Fsp3) is 0.267. The summed E-state index contributed by atoms with van der Waals surface area (Å²) in [6.45, 7) is 5.59. The van der Waals surface area contributed by atoms with Crippen LogP contribution in [-0.4, -0.2) is 9.97 Å². The van der Waals surface area contributed by atoms with E-state index < -0.39 is 12.7 Å². The molecule has 5 aromatic rings. The van der Waals surface area contributed by atoms with Crippen molar-refractivity contribution in [3.05, 3.63) is 83.0 Å². The van der Waals surface area contributed by atoms with E-state index in [4.69, 9.17) is 14.9 Å². The normalized spacial score (nSPS) is 14.2. The van der Waals surface area contributed by atoms with Crippen molar-refractivity contribution < 1.29 is 9.90 Å². The fourth-order valence-electron chi connectivity index (χ4n) is 4.75. The summed E-state index contributed by atoms with van der Waals surface area (Å²) in [5, 5.41) is 1.79. The van der Waals surface area contributed by atoms with Crippen LogP contribution in [0.3, 0.4) is 0 Å². The van der Waals surface area contributed by atoms with Gasteiger partial charge in [-0.1, -0.05) is 44.2 Å². The molecule has 0 N–H and O–H groups in total. The summed E-state index contributed by atoms with van der Waals surface area (Å²) in [5.41, 5.74) is 7.20. The van der Waals surface area contributed by atoms with Gasteiger partial charge in [0.05, 0.1) is 11.4 Å². The Bertz CT molecular complexity index is 1610. The molecule has 0 aliphatic carbocycles. The van der Waals surface area contributed by atoms with Gasteiger partial charge in [-0.25, -0.2) is 4.98 Å². The first-order valence-corrected chi connectivity index (χ1v) is 11.5. The smallest absolute Gasteiger partial charge is 0.227 e.